The van der Waals surface area contributed by atoms with Crippen molar-refractivity contribution in [1.82, 2.24) is 10.2 Å². The summed E-state index contributed by atoms with van der Waals surface area (Å²) >= 11 is 5.46. The number of alkyl halides is 1. The van der Waals surface area contributed by atoms with E-state index in [4.69, 9.17) is 11.6 Å². The van der Waals surface area contributed by atoms with Gasteiger partial charge in [-0.3, -0.25) is 9.59 Å². The molecule has 0 aromatic heterocycles. The number of nitrogens with zero attached hydrogens (tertiary/aromatic N) is 1. The van der Waals surface area contributed by atoms with Gasteiger partial charge in [0.05, 0.1) is 0 Å². The molecule has 1 unspecified atom stereocenters. The first kappa shape index (κ1) is 12.3. The zero-order valence-electron chi connectivity index (χ0n) is 8.96. The fourth-order valence-corrected chi connectivity index (χ4v) is 1.86. The molecule has 86 valence electrons. The van der Waals surface area contributed by atoms with E-state index in [0.717, 1.165) is 25.8 Å². The largest absolute Gasteiger partial charge is 0.344 e. The third-order valence-corrected chi connectivity index (χ3v) is 2.76. The van der Waals surface area contributed by atoms with E-state index in [1.54, 1.807) is 11.9 Å². The average molecular weight is 233 g/mol. The van der Waals surface area contributed by atoms with E-state index in [2.05, 4.69) is 5.32 Å². The van der Waals surface area contributed by atoms with E-state index >= 15 is 0 Å². The van der Waals surface area contributed by atoms with Crippen LogP contribution in [0, 0.1) is 0 Å². The number of carbonyl (C=O) groups excluding carboxylic acids is 2. The van der Waals surface area contributed by atoms with Crippen molar-refractivity contribution in [3.8, 4) is 0 Å². The molecule has 0 aliphatic carbocycles. The summed E-state index contributed by atoms with van der Waals surface area (Å²) in [5, 5.41) is 2.73. The molecule has 1 N–H and O–H groups in total. The molecular weight excluding hydrogens is 216 g/mol. The van der Waals surface area contributed by atoms with Crippen molar-refractivity contribution >= 4 is 23.4 Å². The first-order valence-electron chi connectivity index (χ1n) is 5.25. The molecule has 0 radical (unpaired) electrons. The fraction of sp³-hybridized carbons (Fsp3) is 0.800. The third kappa shape index (κ3) is 3.70. The van der Waals surface area contributed by atoms with Gasteiger partial charge in [0.15, 0.2) is 0 Å². The zero-order valence-corrected chi connectivity index (χ0v) is 9.72. The monoisotopic (exact) mass is 232 g/mol. The van der Waals surface area contributed by atoms with Gasteiger partial charge >= 0.3 is 0 Å². The average Bonchev–Trinajstić information content (AvgIpc) is 2.34. The molecule has 1 fully saturated rings. The van der Waals surface area contributed by atoms with Crippen LogP contribution in [0.1, 0.15) is 25.7 Å². The van der Waals surface area contributed by atoms with Crippen molar-refractivity contribution in [2.75, 3.05) is 19.5 Å². The molecule has 5 heteroatoms. The Bertz CT molecular complexity index is 246. The lowest BCUT2D eigenvalue weighted by atomic mass is 10.1. The lowest BCUT2D eigenvalue weighted by Crippen LogP contribution is -2.46. The van der Waals surface area contributed by atoms with Crippen LogP contribution in [0.4, 0.5) is 0 Å². The second-order valence-corrected chi connectivity index (χ2v) is 4.19. The molecule has 0 aromatic rings. The Hall–Kier alpha value is -0.770. The van der Waals surface area contributed by atoms with Crippen molar-refractivity contribution in [3.63, 3.8) is 0 Å². The van der Waals surface area contributed by atoms with Crippen LogP contribution in [0.3, 0.4) is 0 Å². The van der Waals surface area contributed by atoms with Crippen LogP contribution in [0.15, 0.2) is 0 Å². The van der Waals surface area contributed by atoms with Crippen LogP contribution in [0.2, 0.25) is 0 Å². The van der Waals surface area contributed by atoms with Crippen LogP contribution in [0.5, 0.6) is 0 Å². The molecule has 0 bridgehead atoms. The molecule has 0 saturated carbocycles. The van der Waals surface area contributed by atoms with Crippen molar-refractivity contribution in [2.24, 2.45) is 0 Å². The predicted molar refractivity (Wildman–Crippen MR) is 58.8 cm³/mol. The highest BCUT2D eigenvalue weighted by Gasteiger charge is 2.25. The van der Waals surface area contributed by atoms with Crippen LogP contribution in [0.25, 0.3) is 0 Å². The first-order chi connectivity index (χ1) is 7.15. The van der Waals surface area contributed by atoms with Gasteiger partial charge < -0.3 is 10.2 Å². The molecule has 1 rings (SSSR count). The van der Waals surface area contributed by atoms with E-state index in [1.165, 1.54) is 0 Å². The Balaban J connectivity index is 2.51. The number of carbonyl (C=O) groups is 2. The van der Waals surface area contributed by atoms with Gasteiger partial charge in [-0.15, -0.1) is 11.6 Å². The van der Waals surface area contributed by atoms with Gasteiger partial charge in [-0.05, 0) is 19.3 Å². The Morgan fingerprint density at radius 3 is 3.00 bits per heavy atom. The summed E-state index contributed by atoms with van der Waals surface area (Å²) in [7, 11) is 1.77. The summed E-state index contributed by atoms with van der Waals surface area (Å²) in [6, 6.07) is -0.354. The lowest BCUT2D eigenvalue weighted by Gasteiger charge is -2.20. The highest BCUT2D eigenvalue weighted by molar-refractivity contribution is 6.18. The number of likely N-dealkylation sites (N-methyl/N-ethyl adjacent to an activating group) is 1. The summed E-state index contributed by atoms with van der Waals surface area (Å²) < 4.78 is 0. The van der Waals surface area contributed by atoms with E-state index in [9.17, 15) is 9.59 Å². The van der Waals surface area contributed by atoms with Gasteiger partial charge in [0.2, 0.25) is 11.8 Å². The number of hydrogen-bond acceptors (Lipinski definition) is 2. The molecule has 1 saturated heterocycles. The number of likely N-dealkylation sites (tertiary alicyclic amines) is 1. The Kier molecular flexibility index (Phi) is 4.88. The van der Waals surface area contributed by atoms with Crippen molar-refractivity contribution in [3.05, 3.63) is 0 Å². The Labute approximate surface area is 95.0 Å². The SMILES string of the molecule is CN1CCCCC(NC(=O)CCCl)C1=O. The maximum absolute atomic E-state index is 11.8. The third-order valence-electron chi connectivity index (χ3n) is 2.57. The molecule has 15 heavy (non-hydrogen) atoms. The number of hydrogen-bond donors (Lipinski definition) is 1. The number of halogens is 1. The molecule has 4 nitrogen and oxygen atoms in total. The molecule has 1 aliphatic rings. The summed E-state index contributed by atoms with van der Waals surface area (Å²) in [5.74, 6) is 0.164. The van der Waals surface area contributed by atoms with Gasteiger partial charge in [0.25, 0.3) is 0 Å². The molecule has 1 atom stereocenters. The number of rotatable bonds is 3. The minimum Gasteiger partial charge on any atom is -0.344 e. The highest BCUT2D eigenvalue weighted by Crippen LogP contribution is 2.10. The van der Waals surface area contributed by atoms with Crippen LogP contribution in [-0.2, 0) is 9.59 Å². The Morgan fingerprint density at radius 2 is 2.33 bits per heavy atom. The molecule has 1 aliphatic heterocycles. The predicted octanol–water partition coefficient (Wildman–Crippen LogP) is 0.742. The first-order valence-corrected chi connectivity index (χ1v) is 5.79. The quantitative estimate of drug-likeness (QED) is 0.730. The van der Waals surface area contributed by atoms with Gasteiger partial charge in [-0.1, -0.05) is 0 Å². The second kappa shape index (κ2) is 5.95. The van der Waals surface area contributed by atoms with Crippen LogP contribution in [-0.4, -0.2) is 42.2 Å². The second-order valence-electron chi connectivity index (χ2n) is 3.81. The topological polar surface area (TPSA) is 49.4 Å². The molecule has 0 spiro atoms. The zero-order chi connectivity index (χ0) is 11.3. The minimum absolute atomic E-state index is 0.00965. The highest BCUT2D eigenvalue weighted by atomic mass is 35.5. The van der Waals surface area contributed by atoms with E-state index in [-0.39, 0.29) is 24.3 Å². The fourth-order valence-electron chi connectivity index (χ4n) is 1.68. The Morgan fingerprint density at radius 1 is 1.60 bits per heavy atom. The maximum atomic E-state index is 11.8. The number of nitrogens with one attached hydrogen (secondary N) is 1. The summed E-state index contributed by atoms with van der Waals surface area (Å²) in [6.45, 7) is 0.778. The van der Waals surface area contributed by atoms with E-state index in [0.29, 0.717) is 5.88 Å². The molecule has 1 heterocycles. The number of amides is 2. The van der Waals surface area contributed by atoms with Crippen molar-refractivity contribution in [1.29, 1.82) is 0 Å². The summed E-state index contributed by atoms with van der Waals surface area (Å²) in [6.07, 6.45) is 2.98. The van der Waals surface area contributed by atoms with Gasteiger partial charge in [0.1, 0.15) is 6.04 Å². The van der Waals surface area contributed by atoms with Gasteiger partial charge in [-0.25, -0.2) is 0 Å². The summed E-state index contributed by atoms with van der Waals surface area (Å²) in [5.41, 5.74) is 0. The van der Waals surface area contributed by atoms with Crippen LogP contribution < -0.4 is 5.32 Å². The van der Waals surface area contributed by atoms with Crippen LogP contribution >= 0.6 is 11.6 Å². The van der Waals surface area contributed by atoms with Crippen molar-refractivity contribution in [2.45, 2.75) is 31.7 Å². The van der Waals surface area contributed by atoms with Crippen molar-refractivity contribution < 1.29 is 9.59 Å². The van der Waals surface area contributed by atoms with E-state index in [1.807, 2.05) is 0 Å². The standard InChI is InChI=1S/C10H17ClN2O2/c1-13-7-3-2-4-8(10(13)15)12-9(14)5-6-11/h8H,2-7H2,1H3,(H,12,14). The smallest absolute Gasteiger partial charge is 0.244 e. The normalized spacial score (nSPS) is 22.4. The minimum atomic E-state index is -0.354. The summed E-state index contributed by atoms with van der Waals surface area (Å²) in [4.78, 5) is 24.8. The molecular formula is C10H17ClN2O2. The molecule has 2 amide bonds. The van der Waals surface area contributed by atoms with Gasteiger partial charge in [0, 0.05) is 25.9 Å². The lowest BCUT2D eigenvalue weighted by molar-refractivity contribution is -0.134. The maximum Gasteiger partial charge on any atom is 0.244 e. The van der Waals surface area contributed by atoms with Gasteiger partial charge in [-0.2, -0.15) is 0 Å². The molecule has 0 aromatic carbocycles. The van der Waals surface area contributed by atoms with E-state index < -0.39 is 0 Å².